The zero-order valence-corrected chi connectivity index (χ0v) is 14.5. The monoisotopic (exact) mass is 320 g/mol. The van der Waals surface area contributed by atoms with Crippen LogP contribution in [0.3, 0.4) is 0 Å². The lowest BCUT2D eigenvalue weighted by atomic mass is 9.81. The molecular formula is C22H24O2. The van der Waals surface area contributed by atoms with Crippen LogP contribution < -0.4 is 0 Å². The van der Waals surface area contributed by atoms with Gasteiger partial charge < -0.3 is 0 Å². The summed E-state index contributed by atoms with van der Waals surface area (Å²) in [5.41, 5.74) is 7.75. The lowest BCUT2D eigenvalue weighted by Gasteiger charge is -2.42. The molecule has 1 fully saturated rings. The van der Waals surface area contributed by atoms with Crippen molar-refractivity contribution in [2.75, 3.05) is 0 Å². The Morgan fingerprint density at radius 3 is 1.54 bits per heavy atom. The first-order valence-electron chi connectivity index (χ1n) is 9.17. The molecule has 5 rings (SSSR count). The van der Waals surface area contributed by atoms with E-state index in [0.29, 0.717) is 0 Å². The Labute approximate surface area is 143 Å². The van der Waals surface area contributed by atoms with Gasteiger partial charge in [-0.25, -0.2) is 9.78 Å². The largest absolute Gasteiger partial charge is 0.224 e. The Bertz CT molecular complexity index is 743. The van der Waals surface area contributed by atoms with E-state index < -0.39 is 0 Å². The summed E-state index contributed by atoms with van der Waals surface area (Å²) in [6, 6.07) is 13.5. The predicted octanol–water partition coefficient (Wildman–Crippen LogP) is 5.03. The molecule has 124 valence electrons. The third-order valence-corrected chi connectivity index (χ3v) is 6.40. The van der Waals surface area contributed by atoms with Crippen molar-refractivity contribution in [3.63, 3.8) is 0 Å². The number of rotatable bonds is 0. The van der Waals surface area contributed by atoms with Gasteiger partial charge in [0.2, 0.25) is 0 Å². The van der Waals surface area contributed by atoms with Gasteiger partial charge in [0.15, 0.2) is 0 Å². The third-order valence-electron chi connectivity index (χ3n) is 6.40. The van der Waals surface area contributed by atoms with Crippen molar-refractivity contribution in [2.45, 2.75) is 63.6 Å². The molecule has 1 aliphatic heterocycles. The summed E-state index contributed by atoms with van der Waals surface area (Å²) < 4.78 is 0. The Morgan fingerprint density at radius 1 is 0.667 bits per heavy atom. The van der Waals surface area contributed by atoms with Crippen molar-refractivity contribution in [3.05, 3.63) is 69.8 Å². The van der Waals surface area contributed by atoms with Crippen molar-refractivity contribution in [1.82, 2.24) is 0 Å². The van der Waals surface area contributed by atoms with Crippen molar-refractivity contribution in [3.8, 4) is 0 Å². The van der Waals surface area contributed by atoms with Gasteiger partial charge in [-0.15, -0.1) is 0 Å². The summed E-state index contributed by atoms with van der Waals surface area (Å²) in [6.07, 6.45) is 6.39. The van der Waals surface area contributed by atoms with Gasteiger partial charge in [0.1, 0.15) is 11.2 Å². The summed E-state index contributed by atoms with van der Waals surface area (Å²) >= 11 is 0. The highest BCUT2D eigenvalue weighted by atomic mass is 17.2. The van der Waals surface area contributed by atoms with Gasteiger partial charge in [0.05, 0.1) is 0 Å². The lowest BCUT2D eigenvalue weighted by Crippen LogP contribution is -2.41. The van der Waals surface area contributed by atoms with E-state index in [0.717, 1.165) is 38.5 Å². The molecular weight excluding hydrogens is 296 g/mol. The Hall–Kier alpha value is -1.64. The fraction of sp³-hybridized carbons (Fsp3) is 0.455. The Kier molecular flexibility index (Phi) is 3.02. The number of hydrogen-bond donors (Lipinski definition) is 0. The molecule has 0 aromatic heterocycles. The van der Waals surface area contributed by atoms with Crippen LogP contribution in [0.25, 0.3) is 0 Å². The second-order valence-corrected chi connectivity index (χ2v) is 7.98. The molecule has 2 heteroatoms. The van der Waals surface area contributed by atoms with Crippen LogP contribution in [0.4, 0.5) is 0 Å². The Balaban J connectivity index is 1.48. The van der Waals surface area contributed by atoms with E-state index in [2.05, 4.69) is 50.2 Å². The predicted molar refractivity (Wildman–Crippen MR) is 93.8 cm³/mol. The molecule has 3 aliphatic rings. The first-order chi connectivity index (χ1) is 11.6. The van der Waals surface area contributed by atoms with Crippen molar-refractivity contribution >= 4 is 0 Å². The molecule has 24 heavy (non-hydrogen) atoms. The van der Waals surface area contributed by atoms with Crippen LogP contribution in [0.2, 0.25) is 0 Å². The average Bonchev–Trinajstić information content (AvgIpc) is 3.11. The first kappa shape index (κ1) is 14.7. The lowest BCUT2D eigenvalue weighted by molar-refractivity contribution is -0.450. The minimum absolute atomic E-state index is 0.223. The van der Waals surface area contributed by atoms with E-state index in [-0.39, 0.29) is 11.2 Å². The molecule has 2 aliphatic carbocycles. The molecule has 0 N–H and O–H groups in total. The quantitative estimate of drug-likeness (QED) is 0.634. The number of fused-ring (bicyclic) bond motifs is 4. The molecule has 2 aromatic carbocycles. The van der Waals surface area contributed by atoms with Gasteiger partial charge in [0, 0.05) is 0 Å². The molecule has 1 heterocycles. The van der Waals surface area contributed by atoms with E-state index >= 15 is 0 Å². The fourth-order valence-electron chi connectivity index (χ4n) is 4.95. The molecule has 1 saturated heterocycles. The van der Waals surface area contributed by atoms with Crippen LogP contribution in [0.15, 0.2) is 36.4 Å². The third kappa shape index (κ3) is 1.96. The molecule has 2 aromatic rings. The minimum Gasteiger partial charge on any atom is -0.224 e. The molecule has 0 radical (unpaired) electrons. The highest BCUT2D eigenvalue weighted by molar-refractivity contribution is 5.43. The zero-order valence-electron chi connectivity index (χ0n) is 14.5. The van der Waals surface area contributed by atoms with Gasteiger partial charge in [-0.1, -0.05) is 47.5 Å². The van der Waals surface area contributed by atoms with Crippen molar-refractivity contribution in [2.24, 2.45) is 0 Å². The van der Waals surface area contributed by atoms with Gasteiger partial charge in [-0.3, -0.25) is 0 Å². The van der Waals surface area contributed by atoms with Crippen LogP contribution in [-0.4, -0.2) is 0 Å². The van der Waals surface area contributed by atoms with Gasteiger partial charge in [-0.2, -0.15) is 0 Å². The number of aryl methyl sites for hydroxylation is 4. The SMILES string of the molecule is Cc1ccc2c(c1)[C@@]1(CC2)CC[C@]2(CCc3ccc(C)cc32)OO1. The number of benzene rings is 2. The normalized spacial score (nSPS) is 30.8. The van der Waals surface area contributed by atoms with E-state index in [4.69, 9.17) is 9.78 Å². The number of hydrogen-bond acceptors (Lipinski definition) is 2. The molecule has 0 unspecified atom stereocenters. The van der Waals surface area contributed by atoms with Crippen LogP contribution in [0.5, 0.6) is 0 Å². The maximum absolute atomic E-state index is 6.24. The highest BCUT2D eigenvalue weighted by Gasteiger charge is 2.52. The average molecular weight is 320 g/mol. The topological polar surface area (TPSA) is 18.5 Å². The molecule has 2 spiro atoms. The fourth-order valence-corrected chi connectivity index (χ4v) is 4.95. The zero-order chi connectivity index (χ0) is 16.4. The van der Waals surface area contributed by atoms with E-state index in [1.54, 1.807) is 0 Å². The maximum Gasteiger partial charge on any atom is 0.129 e. The second-order valence-electron chi connectivity index (χ2n) is 7.98. The van der Waals surface area contributed by atoms with Crippen LogP contribution in [-0.2, 0) is 33.8 Å². The van der Waals surface area contributed by atoms with Crippen LogP contribution in [0, 0.1) is 13.8 Å². The summed E-state index contributed by atoms with van der Waals surface area (Å²) in [5.74, 6) is 0. The van der Waals surface area contributed by atoms with Crippen LogP contribution >= 0.6 is 0 Å². The first-order valence-corrected chi connectivity index (χ1v) is 9.17. The summed E-state index contributed by atoms with van der Waals surface area (Å²) in [4.78, 5) is 12.5. The molecule has 0 saturated carbocycles. The van der Waals surface area contributed by atoms with E-state index in [1.807, 2.05) is 0 Å². The summed E-state index contributed by atoms with van der Waals surface area (Å²) in [6.45, 7) is 4.32. The molecule has 2 nitrogen and oxygen atoms in total. The minimum atomic E-state index is -0.223. The maximum atomic E-state index is 6.24. The van der Waals surface area contributed by atoms with E-state index in [9.17, 15) is 0 Å². The standard InChI is InChI=1S/C22H24O2/c1-15-3-5-17-7-9-21(19(17)13-15)11-12-22(24-23-21)10-8-18-6-4-16(2)14-20(18)22/h3-6,13-14H,7-12H2,1-2H3/t21-,22+. The van der Waals surface area contributed by atoms with Gasteiger partial charge >= 0.3 is 0 Å². The van der Waals surface area contributed by atoms with Crippen molar-refractivity contribution < 1.29 is 9.78 Å². The summed E-state index contributed by atoms with van der Waals surface area (Å²) in [5, 5.41) is 0. The smallest absolute Gasteiger partial charge is 0.129 e. The second kappa shape index (κ2) is 4.93. The van der Waals surface area contributed by atoms with Gasteiger partial charge in [-0.05, 0) is 74.6 Å². The van der Waals surface area contributed by atoms with E-state index in [1.165, 1.54) is 33.4 Å². The van der Waals surface area contributed by atoms with Crippen LogP contribution in [0.1, 0.15) is 59.1 Å². The molecule has 2 atom stereocenters. The van der Waals surface area contributed by atoms with Gasteiger partial charge in [0.25, 0.3) is 0 Å². The highest BCUT2D eigenvalue weighted by Crippen LogP contribution is 2.54. The molecule has 0 bridgehead atoms. The van der Waals surface area contributed by atoms with Crippen molar-refractivity contribution in [1.29, 1.82) is 0 Å². The Morgan fingerprint density at radius 2 is 1.12 bits per heavy atom. The summed E-state index contributed by atoms with van der Waals surface area (Å²) in [7, 11) is 0. The molecule has 0 amide bonds.